The molecule has 0 saturated heterocycles. The molecule has 0 aliphatic heterocycles. The molecule has 0 spiro atoms. The highest BCUT2D eigenvalue weighted by Gasteiger charge is 2.28. The van der Waals surface area contributed by atoms with Crippen LogP contribution >= 0.6 is 15.9 Å². The van der Waals surface area contributed by atoms with Crippen LogP contribution in [0.2, 0.25) is 0 Å². The third-order valence-electron chi connectivity index (χ3n) is 3.87. The van der Waals surface area contributed by atoms with Crippen molar-refractivity contribution in [3.63, 3.8) is 0 Å². The fourth-order valence-electron chi connectivity index (χ4n) is 2.09. The zero-order chi connectivity index (χ0) is 13.6. The third-order valence-corrected chi connectivity index (χ3v) is 4.40. The summed E-state index contributed by atoms with van der Waals surface area (Å²) in [7, 11) is 0. The minimum absolute atomic E-state index is 0.322. The van der Waals surface area contributed by atoms with Gasteiger partial charge in [-0.25, -0.2) is 0 Å². The van der Waals surface area contributed by atoms with E-state index in [0.717, 1.165) is 24.0 Å². The average Bonchev–Trinajstić information content (AvgIpc) is 2.32. The summed E-state index contributed by atoms with van der Waals surface area (Å²) in [5.41, 5.74) is 1.75. The number of hydrogen-bond donors (Lipinski definition) is 1. The molecule has 0 bridgehead atoms. The molecule has 1 atom stereocenters. The van der Waals surface area contributed by atoms with Crippen LogP contribution in [0.25, 0.3) is 0 Å². The fourth-order valence-corrected chi connectivity index (χ4v) is 2.35. The Hall–Kier alpha value is -0.340. The van der Waals surface area contributed by atoms with Crippen LogP contribution in [0.1, 0.15) is 39.7 Å². The first kappa shape index (κ1) is 15.7. The van der Waals surface area contributed by atoms with Crippen LogP contribution < -0.4 is 5.32 Å². The predicted octanol–water partition coefficient (Wildman–Crippen LogP) is 4.65. The Bertz CT molecular complexity index is 345. The summed E-state index contributed by atoms with van der Waals surface area (Å²) < 4.78 is 1.15. The van der Waals surface area contributed by atoms with Crippen LogP contribution in [-0.4, -0.2) is 13.1 Å². The summed E-state index contributed by atoms with van der Waals surface area (Å²) >= 11 is 3.49. The van der Waals surface area contributed by atoms with E-state index in [2.05, 4.69) is 73.2 Å². The summed E-state index contributed by atoms with van der Waals surface area (Å²) in [6.45, 7) is 11.5. The molecule has 2 heteroatoms. The molecule has 18 heavy (non-hydrogen) atoms. The largest absolute Gasteiger partial charge is 0.316 e. The smallest absolute Gasteiger partial charge is 0.0175 e. The first-order chi connectivity index (χ1) is 8.48. The predicted molar refractivity (Wildman–Crippen MR) is 84.0 cm³/mol. The molecule has 0 radical (unpaired) electrons. The lowest BCUT2D eigenvalue weighted by molar-refractivity contribution is 0.207. The Balaban J connectivity index is 2.69. The minimum Gasteiger partial charge on any atom is -0.316 e. The number of nitrogens with one attached hydrogen (secondary N) is 1. The van der Waals surface area contributed by atoms with Crippen molar-refractivity contribution in [3.8, 4) is 0 Å². The molecule has 0 aliphatic carbocycles. The van der Waals surface area contributed by atoms with Gasteiger partial charge in [-0.3, -0.25) is 0 Å². The zero-order valence-corrected chi connectivity index (χ0v) is 13.7. The first-order valence-electron chi connectivity index (χ1n) is 6.93. The Morgan fingerprint density at radius 1 is 1.22 bits per heavy atom. The summed E-state index contributed by atoms with van der Waals surface area (Å²) in [5, 5.41) is 3.58. The molecule has 1 nitrogen and oxygen atoms in total. The molecular weight excluding hydrogens is 286 g/mol. The van der Waals surface area contributed by atoms with Gasteiger partial charge in [0.1, 0.15) is 0 Å². The van der Waals surface area contributed by atoms with E-state index in [-0.39, 0.29) is 0 Å². The van der Waals surface area contributed by atoms with Crippen LogP contribution in [0.3, 0.4) is 0 Å². The van der Waals surface area contributed by atoms with Gasteiger partial charge in [0.25, 0.3) is 0 Å². The van der Waals surface area contributed by atoms with Gasteiger partial charge in [0.2, 0.25) is 0 Å². The van der Waals surface area contributed by atoms with Gasteiger partial charge in [-0.2, -0.15) is 0 Å². The average molecular weight is 312 g/mol. The number of hydrogen-bond acceptors (Lipinski definition) is 1. The Morgan fingerprint density at radius 3 is 2.33 bits per heavy atom. The molecule has 1 N–H and O–H groups in total. The molecule has 0 fully saturated rings. The molecule has 1 rings (SSSR count). The molecule has 0 amide bonds. The van der Waals surface area contributed by atoms with Gasteiger partial charge in [0.05, 0.1) is 0 Å². The maximum absolute atomic E-state index is 3.58. The number of benzene rings is 1. The van der Waals surface area contributed by atoms with Gasteiger partial charge in [0.15, 0.2) is 0 Å². The van der Waals surface area contributed by atoms with Crippen LogP contribution in [0, 0.1) is 11.3 Å². The van der Waals surface area contributed by atoms with Crippen molar-refractivity contribution in [1.29, 1.82) is 0 Å². The van der Waals surface area contributed by atoms with Crippen molar-refractivity contribution in [2.75, 3.05) is 13.1 Å². The minimum atomic E-state index is 0.322. The van der Waals surface area contributed by atoms with Gasteiger partial charge < -0.3 is 5.32 Å². The zero-order valence-electron chi connectivity index (χ0n) is 12.1. The van der Waals surface area contributed by atoms with Crippen molar-refractivity contribution in [2.45, 2.75) is 40.5 Å². The van der Waals surface area contributed by atoms with E-state index in [1.54, 1.807) is 0 Å². The van der Waals surface area contributed by atoms with Crippen molar-refractivity contribution < 1.29 is 0 Å². The summed E-state index contributed by atoms with van der Waals surface area (Å²) in [6.07, 6.45) is 2.33. The van der Waals surface area contributed by atoms with Gasteiger partial charge >= 0.3 is 0 Å². The molecule has 0 aromatic heterocycles. The highest BCUT2D eigenvalue weighted by molar-refractivity contribution is 9.10. The standard InChI is InChI=1S/C16H26BrN/c1-5-10-18-12-16(4,13(2)3)11-14-6-8-15(17)9-7-14/h6-9,13,18H,5,10-12H2,1-4H3. The molecule has 0 saturated carbocycles. The van der Waals surface area contributed by atoms with Crippen LogP contribution in [0.4, 0.5) is 0 Å². The van der Waals surface area contributed by atoms with Crippen molar-refractivity contribution >= 4 is 15.9 Å². The van der Waals surface area contributed by atoms with Crippen LogP contribution in [-0.2, 0) is 6.42 Å². The second kappa shape index (κ2) is 7.30. The highest BCUT2D eigenvalue weighted by atomic mass is 79.9. The lowest BCUT2D eigenvalue weighted by atomic mass is 9.74. The molecular formula is C16H26BrN. The van der Waals surface area contributed by atoms with E-state index in [1.165, 1.54) is 12.0 Å². The quantitative estimate of drug-likeness (QED) is 0.722. The number of halogens is 1. The first-order valence-corrected chi connectivity index (χ1v) is 7.72. The maximum Gasteiger partial charge on any atom is 0.0175 e. The highest BCUT2D eigenvalue weighted by Crippen LogP contribution is 2.31. The van der Waals surface area contributed by atoms with Gasteiger partial charge in [-0.05, 0) is 48.4 Å². The summed E-state index contributed by atoms with van der Waals surface area (Å²) in [5.74, 6) is 0.672. The number of rotatable bonds is 7. The second-order valence-electron chi connectivity index (χ2n) is 5.79. The summed E-state index contributed by atoms with van der Waals surface area (Å²) in [6, 6.07) is 8.72. The van der Waals surface area contributed by atoms with E-state index in [0.29, 0.717) is 11.3 Å². The van der Waals surface area contributed by atoms with E-state index < -0.39 is 0 Å². The van der Waals surface area contributed by atoms with Gasteiger partial charge in [-0.15, -0.1) is 0 Å². The van der Waals surface area contributed by atoms with Crippen LogP contribution in [0.5, 0.6) is 0 Å². The fraction of sp³-hybridized carbons (Fsp3) is 0.625. The van der Waals surface area contributed by atoms with Gasteiger partial charge in [0, 0.05) is 11.0 Å². The third kappa shape index (κ3) is 4.74. The molecule has 1 unspecified atom stereocenters. The Labute approximate surface area is 120 Å². The van der Waals surface area contributed by atoms with E-state index in [1.807, 2.05) is 0 Å². The van der Waals surface area contributed by atoms with E-state index >= 15 is 0 Å². The lowest BCUT2D eigenvalue weighted by Crippen LogP contribution is -2.38. The Morgan fingerprint density at radius 2 is 1.83 bits per heavy atom. The lowest BCUT2D eigenvalue weighted by Gasteiger charge is -2.34. The molecule has 1 aromatic carbocycles. The monoisotopic (exact) mass is 311 g/mol. The molecule has 0 aliphatic rings. The molecule has 1 aromatic rings. The molecule has 102 valence electrons. The molecule has 0 heterocycles. The second-order valence-corrected chi connectivity index (χ2v) is 6.70. The van der Waals surface area contributed by atoms with Crippen LogP contribution in [0.15, 0.2) is 28.7 Å². The van der Waals surface area contributed by atoms with Gasteiger partial charge in [-0.1, -0.05) is 55.8 Å². The normalized spacial score (nSPS) is 14.8. The summed E-state index contributed by atoms with van der Waals surface area (Å²) in [4.78, 5) is 0. The van der Waals surface area contributed by atoms with Crippen molar-refractivity contribution in [2.24, 2.45) is 11.3 Å². The maximum atomic E-state index is 3.58. The Kier molecular flexibility index (Phi) is 6.37. The van der Waals surface area contributed by atoms with Crippen molar-refractivity contribution in [3.05, 3.63) is 34.3 Å². The van der Waals surface area contributed by atoms with E-state index in [4.69, 9.17) is 0 Å². The van der Waals surface area contributed by atoms with E-state index in [9.17, 15) is 0 Å². The topological polar surface area (TPSA) is 12.0 Å². The van der Waals surface area contributed by atoms with Crippen molar-refractivity contribution in [1.82, 2.24) is 5.32 Å². The SMILES string of the molecule is CCCNCC(C)(Cc1ccc(Br)cc1)C(C)C.